The standard InChI is InChI=1S/C13H15ClFN3O/c14-11-4-2-1-3-10(11)12(17-18-16)13(19)7-5-9(15)6-8-13/h1-4,9,12,19H,5-8H2. The van der Waals surface area contributed by atoms with E-state index >= 15 is 0 Å². The lowest BCUT2D eigenvalue weighted by atomic mass is 9.76. The Morgan fingerprint density at radius 2 is 2.05 bits per heavy atom. The van der Waals surface area contributed by atoms with Gasteiger partial charge in [-0.15, -0.1) is 0 Å². The Labute approximate surface area is 115 Å². The summed E-state index contributed by atoms with van der Waals surface area (Å²) < 4.78 is 13.2. The van der Waals surface area contributed by atoms with Crippen LogP contribution in [-0.4, -0.2) is 16.9 Å². The zero-order valence-corrected chi connectivity index (χ0v) is 11.1. The first-order valence-corrected chi connectivity index (χ1v) is 6.60. The monoisotopic (exact) mass is 283 g/mol. The van der Waals surface area contributed by atoms with Gasteiger partial charge in [-0.3, -0.25) is 0 Å². The third kappa shape index (κ3) is 3.00. The Balaban J connectivity index is 2.35. The molecule has 1 unspecified atom stereocenters. The zero-order chi connectivity index (χ0) is 13.9. The van der Waals surface area contributed by atoms with Crippen LogP contribution in [0, 0.1) is 0 Å². The lowest BCUT2D eigenvalue weighted by molar-refractivity contribution is -0.0361. The van der Waals surface area contributed by atoms with Crippen LogP contribution in [0.4, 0.5) is 4.39 Å². The molecule has 0 aliphatic heterocycles. The molecule has 1 fully saturated rings. The van der Waals surface area contributed by atoms with E-state index in [9.17, 15) is 9.50 Å². The number of hydrogen-bond acceptors (Lipinski definition) is 2. The van der Waals surface area contributed by atoms with Crippen molar-refractivity contribution in [3.63, 3.8) is 0 Å². The number of alkyl halides is 1. The molecule has 0 aromatic heterocycles. The van der Waals surface area contributed by atoms with Gasteiger partial charge in [0.2, 0.25) is 0 Å². The van der Waals surface area contributed by atoms with Gasteiger partial charge in [-0.25, -0.2) is 4.39 Å². The highest BCUT2D eigenvalue weighted by molar-refractivity contribution is 6.31. The molecule has 1 N–H and O–H groups in total. The quantitative estimate of drug-likeness (QED) is 0.500. The molecule has 102 valence electrons. The van der Waals surface area contributed by atoms with Gasteiger partial charge in [0.05, 0.1) is 11.6 Å². The van der Waals surface area contributed by atoms with Crippen molar-refractivity contribution < 1.29 is 9.50 Å². The van der Waals surface area contributed by atoms with Gasteiger partial charge in [-0.1, -0.05) is 34.9 Å². The molecule has 1 aliphatic carbocycles. The summed E-state index contributed by atoms with van der Waals surface area (Å²) >= 11 is 6.10. The van der Waals surface area contributed by atoms with E-state index in [-0.39, 0.29) is 25.7 Å². The second-order valence-corrected chi connectivity index (χ2v) is 5.31. The molecule has 1 saturated carbocycles. The minimum absolute atomic E-state index is 0.267. The van der Waals surface area contributed by atoms with Crippen molar-refractivity contribution in [1.82, 2.24) is 0 Å². The Kier molecular flexibility index (Phi) is 4.30. The second kappa shape index (κ2) is 5.78. The van der Waals surface area contributed by atoms with Crippen LogP contribution in [0.3, 0.4) is 0 Å². The van der Waals surface area contributed by atoms with Crippen molar-refractivity contribution in [3.05, 3.63) is 45.3 Å². The number of halogens is 2. The van der Waals surface area contributed by atoms with Gasteiger partial charge in [-0.2, -0.15) is 0 Å². The molecular formula is C13H15ClFN3O. The maximum atomic E-state index is 13.2. The molecule has 1 aromatic rings. The minimum Gasteiger partial charge on any atom is -0.389 e. The molecule has 19 heavy (non-hydrogen) atoms. The summed E-state index contributed by atoms with van der Waals surface area (Å²) in [7, 11) is 0. The molecule has 6 heteroatoms. The van der Waals surface area contributed by atoms with Crippen LogP contribution in [0.1, 0.15) is 37.3 Å². The molecule has 2 rings (SSSR count). The number of benzene rings is 1. The van der Waals surface area contributed by atoms with Gasteiger partial charge in [0.1, 0.15) is 6.17 Å². The van der Waals surface area contributed by atoms with Crippen molar-refractivity contribution in [2.24, 2.45) is 5.11 Å². The SMILES string of the molecule is [N-]=[N+]=NC(c1ccccc1Cl)C1(O)CCC(F)CC1. The number of aliphatic hydroxyl groups is 1. The van der Waals surface area contributed by atoms with Crippen molar-refractivity contribution in [2.75, 3.05) is 0 Å². The lowest BCUT2D eigenvalue weighted by Gasteiger charge is -2.38. The fourth-order valence-electron chi connectivity index (χ4n) is 2.56. The molecule has 1 aromatic carbocycles. The highest BCUT2D eigenvalue weighted by Crippen LogP contribution is 2.43. The first kappa shape index (κ1) is 14.1. The molecular weight excluding hydrogens is 269 g/mol. The first-order chi connectivity index (χ1) is 9.07. The third-order valence-corrected chi connectivity index (χ3v) is 4.00. The van der Waals surface area contributed by atoms with Crippen LogP contribution < -0.4 is 0 Å². The van der Waals surface area contributed by atoms with Crippen LogP contribution in [0.2, 0.25) is 5.02 Å². The maximum absolute atomic E-state index is 13.2. The Bertz CT molecular complexity index is 496. The van der Waals surface area contributed by atoms with Gasteiger partial charge in [-0.05, 0) is 42.8 Å². The number of azide groups is 1. The maximum Gasteiger partial charge on any atom is 0.100 e. The molecule has 0 saturated heterocycles. The highest BCUT2D eigenvalue weighted by Gasteiger charge is 2.41. The smallest absolute Gasteiger partial charge is 0.100 e. The summed E-state index contributed by atoms with van der Waals surface area (Å²) in [6, 6.07) is 6.16. The summed E-state index contributed by atoms with van der Waals surface area (Å²) in [5.74, 6) is 0. The van der Waals surface area contributed by atoms with Crippen LogP contribution >= 0.6 is 11.6 Å². The van der Waals surface area contributed by atoms with Crippen LogP contribution in [0.5, 0.6) is 0 Å². The fourth-order valence-corrected chi connectivity index (χ4v) is 2.80. The normalized spacial score (nSPS) is 28.5. The van der Waals surface area contributed by atoms with Crippen LogP contribution in [-0.2, 0) is 0 Å². The molecule has 4 nitrogen and oxygen atoms in total. The van der Waals surface area contributed by atoms with E-state index in [4.69, 9.17) is 17.1 Å². The van der Waals surface area contributed by atoms with Gasteiger partial charge >= 0.3 is 0 Å². The van der Waals surface area contributed by atoms with E-state index in [1.807, 2.05) is 0 Å². The van der Waals surface area contributed by atoms with E-state index in [0.29, 0.717) is 10.6 Å². The predicted octanol–water partition coefficient (Wildman–Crippen LogP) is 4.33. The van der Waals surface area contributed by atoms with Gasteiger partial charge in [0.25, 0.3) is 0 Å². The van der Waals surface area contributed by atoms with E-state index in [0.717, 1.165) is 0 Å². The largest absolute Gasteiger partial charge is 0.389 e. The minimum atomic E-state index is -1.22. The predicted molar refractivity (Wildman–Crippen MR) is 71.7 cm³/mol. The topological polar surface area (TPSA) is 69.0 Å². The Hall–Kier alpha value is -1.29. The molecule has 0 radical (unpaired) electrons. The van der Waals surface area contributed by atoms with E-state index in [1.165, 1.54) is 0 Å². The third-order valence-electron chi connectivity index (χ3n) is 3.66. The number of nitrogens with zero attached hydrogens (tertiary/aromatic N) is 3. The average molecular weight is 284 g/mol. The van der Waals surface area contributed by atoms with Gasteiger partial charge < -0.3 is 5.11 Å². The summed E-state index contributed by atoms with van der Waals surface area (Å²) in [5.41, 5.74) is 8.08. The summed E-state index contributed by atoms with van der Waals surface area (Å²) in [6.07, 6.45) is 0.196. The van der Waals surface area contributed by atoms with Crippen LogP contribution in [0.25, 0.3) is 10.4 Å². The molecule has 0 bridgehead atoms. The number of rotatable bonds is 3. The van der Waals surface area contributed by atoms with Crippen LogP contribution in [0.15, 0.2) is 29.4 Å². The van der Waals surface area contributed by atoms with Crippen molar-refractivity contribution in [3.8, 4) is 0 Å². The van der Waals surface area contributed by atoms with Gasteiger partial charge in [0, 0.05) is 9.93 Å². The second-order valence-electron chi connectivity index (χ2n) is 4.91. The zero-order valence-electron chi connectivity index (χ0n) is 10.3. The highest BCUT2D eigenvalue weighted by atomic mass is 35.5. The Morgan fingerprint density at radius 1 is 1.42 bits per heavy atom. The molecule has 1 atom stereocenters. The molecule has 0 heterocycles. The molecule has 0 amide bonds. The van der Waals surface area contributed by atoms with Crippen molar-refractivity contribution in [2.45, 2.75) is 43.5 Å². The molecule has 0 spiro atoms. The Morgan fingerprint density at radius 3 is 2.63 bits per heavy atom. The van der Waals surface area contributed by atoms with E-state index < -0.39 is 17.8 Å². The fraction of sp³-hybridized carbons (Fsp3) is 0.538. The summed E-state index contributed by atoms with van der Waals surface area (Å²) in [5, 5.41) is 14.8. The molecule has 1 aliphatic rings. The lowest BCUT2D eigenvalue weighted by Crippen LogP contribution is -2.40. The average Bonchev–Trinajstić information content (AvgIpc) is 2.41. The summed E-state index contributed by atoms with van der Waals surface area (Å²) in [6.45, 7) is 0. The van der Waals surface area contributed by atoms with E-state index in [1.54, 1.807) is 24.3 Å². The van der Waals surface area contributed by atoms with Crippen molar-refractivity contribution in [1.29, 1.82) is 0 Å². The van der Waals surface area contributed by atoms with Gasteiger partial charge in [0.15, 0.2) is 0 Å². The van der Waals surface area contributed by atoms with E-state index in [2.05, 4.69) is 10.0 Å². The number of hydrogen-bond donors (Lipinski definition) is 1. The first-order valence-electron chi connectivity index (χ1n) is 6.22. The van der Waals surface area contributed by atoms with Crippen molar-refractivity contribution >= 4 is 11.6 Å². The summed E-state index contributed by atoms with van der Waals surface area (Å²) in [4.78, 5) is 2.81.